The number of carboxylic acid groups (broad SMARTS) is 1. The molecule has 2 rings (SSSR count). The van der Waals surface area contributed by atoms with Crippen molar-refractivity contribution in [2.75, 3.05) is 19.8 Å². The SMILES string of the molecule is O=C(O)C1(CCOCCO)CCc2ccccc21. The van der Waals surface area contributed by atoms with Gasteiger partial charge in [-0.3, -0.25) is 4.79 Å². The lowest BCUT2D eigenvalue weighted by Gasteiger charge is -2.25. The van der Waals surface area contributed by atoms with Gasteiger partial charge in [-0.15, -0.1) is 0 Å². The highest BCUT2D eigenvalue weighted by Crippen LogP contribution is 2.41. The van der Waals surface area contributed by atoms with Crippen LogP contribution in [0.2, 0.25) is 0 Å². The van der Waals surface area contributed by atoms with E-state index >= 15 is 0 Å². The third-order valence-electron chi connectivity index (χ3n) is 3.67. The average Bonchev–Trinajstić information content (AvgIpc) is 2.75. The summed E-state index contributed by atoms with van der Waals surface area (Å²) in [4.78, 5) is 11.6. The Balaban J connectivity index is 2.17. The van der Waals surface area contributed by atoms with Crippen LogP contribution in [0.25, 0.3) is 0 Å². The number of hydrogen-bond acceptors (Lipinski definition) is 3. The predicted molar refractivity (Wildman–Crippen MR) is 66.6 cm³/mol. The van der Waals surface area contributed by atoms with E-state index in [1.165, 1.54) is 0 Å². The number of aliphatic hydroxyl groups is 1. The zero-order valence-corrected chi connectivity index (χ0v) is 10.3. The van der Waals surface area contributed by atoms with Crippen LogP contribution in [0.1, 0.15) is 24.0 Å². The molecule has 0 fully saturated rings. The van der Waals surface area contributed by atoms with E-state index in [4.69, 9.17) is 9.84 Å². The van der Waals surface area contributed by atoms with Gasteiger partial charge in [-0.1, -0.05) is 24.3 Å². The van der Waals surface area contributed by atoms with Crippen molar-refractivity contribution in [1.82, 2.24) is 0 Å². The van der Waals surface area contributed by atoms with Crippen LogP contribution < -0.4 is 0 Å². The third kappa shape index (κ3) is 2.26. The summed E-state index contributed by atoms with van der Waals surface area (Å²) in [5.41, 5.74) is 1.23. The summed E-state index contributed by atoms with van der Waals surface area (Å²) in [7, 11) is 0. The molecule has 1 atom stereocenters. The third-order valence-corrected chi connectivity index (χ3v) is 3.67. The minimum atomic E-state index is -0.813. The Kier molecular flexibility index (Phi) is 3.99. The molecule has 0 radical (unpaired) electrons. The summed E-state index contributed by atoms with van der Waals surface area (Å²) in [5.74, 6) is -0.778. The molecule has 0 bridgehead atoms. The van der Waals surface area contributed by atoms with Crippen molar-refractivity contribution in [3.05, 3.63) is 35.4 Å². The number of aliphatic carboxylic acids is 1. The Morgan fingerprint density at radius 2 is 2.11 bits per heavy atom. The lowest BCUT2D eigenvalue weighted by Crippen LogP contribution is -2.35. The van der Waals surface area contributed by atoms with Crippen molar-refractivity contribution in [1.29, 1.82) is 0 Å². The quantitative estimate of drug-likeness (QED) is 0.748. The predicted octanol–water partition coefficient (Wildman–Crippen LogP) is 1.35. The first-order valence-corrected chi connectivity index (χ1v) is 6.21. The van der Waals surface area contributed by atoms with E-state index in [1.807, 2.05) is 24.3 Å². The maximum Gasteiger partial charge on any atom is 0.314 e. The highest BCUT2D eigenvalue weighted by molar-refractivity contribution is 5.83. The van der Waals surface area contributed by atoms with Crippen LogP contribution in [0.5, 0.6) is 0 Å². The van der Waals surface area contributed by atoms with Gasteiger partial charge in [0.25, 0.3) is 0 Å². The number of rotatable bonds is 6. The zero-order chi connectivity index (χ0) is 13.0. The van der Waals surface area contributed by atoms with Gasteiger partial charge in [-0.05, 0) is 30.4 Å². The number of fused-ring (bicyclic) bond motifs is 1. The van der Waals surface area contributed by atoms with Gasteiger partial charge in [0.2, 0.25) is 0 Å². The second-order valence-corrected chi connectivity index (χ2v) is 4.63. The van der Waals surface area contributed by atoms with Gasteiger partial charge in [0.05, 0.1) is 18.6 Å². The Bertz CT molecular complexity index is 430. The monoisotopic (exact) mass is 250 g/mol. The first kappa shape index (κ1) is 13.1. The molecule has 1 aromatic carbocycles. The first-order valence-electron chi connectivity index (χ1n) is 6.21. The maximum atomic E-state index is 11.6. The molecule has 0 heterocycles. The van der Waals surface area contributed by atoms with E-state index in [2.05, 4.69) is 0 Å². The van der Waals surface area contributed by atoms with E-state index in [0.29, 0.717) is 19.4 Å². The van der Waals surface area contributed by atoms with E-state index in [1.54, 1.807) is 0 Å². The Hall–Kier alpha value is -1.39. The van der Waals surface area contributed by atoms with Crippen molar-refractivity contribution in [3.63, 3.8) is 0 Å². The number of aryl methyl sites for hydroxylation is 1. The van der Waals surface area contributed by atoms with E-state index in [0.717, 1.165) is 17.5 Å². The van der Waals surface area contributed by atoms with Gasteiger partial charge >= 0.3 is 5.97 Å². The van der Waals surface area contributed by atoms with Crippen LogP contribution in [0.3, 0.4) is 0 Å². The van der Waals surface area contributed by atoms with Gasteiger partial charge in [0.1, 0.15) is 0 Å². The molecule has 0 saturated heterocycles. The number of aliphatic hydroxyl groups excluding tert-OH is 1. The number of benzene rings is 1. The van der Waals surface area contributed by atoms with Crippen LogP contribution in [-0.2, 0) is 21.4 Å². The number of carbonyl (C=O) groups is 1. The van der Waals surface area contributed by atoms with Crippen LogP contribution in [-0.4, -0.2) is 36.0 Å². The summed E-state index contributed by atoms with van der Waals surface area (Å²) in [6.45, 7) is 0.592. The normalized spacial score (nSPS) is 21.8. The van der Waals surface area contributed by atoms with Gasteiger partial charge in [-0.2, -0.15) is 0 Å². The zero-order valence-electron chi connectivity index (χ0n) is 10.3. The van der Waals surface area contributed by atoms with Crippen LogP contribution >= 0.6 is 0 Å². The lowest BCUT2D eigenvalue weighted by molar-refractivity contribution is -0.144. The van der Waals surface area contributed by atoms with E-state index in [-0.39, 0.29) is 13.2 Å². The Morgan fingerprint density at radius 1 is 1.33 bits per heavy atom. The van der Waals surface area contributed by atoms with Crippen molar-refractivity contribution < 1.29 is 19.7 Å². The summed E-state index contributed by atoms with van der Waals surface area (Å²) in [6.07, 6.45) is 1.89. The summed E-state index contributed by atoms with van der Waals surface area (Å²) in [5, 5.41) is 18.2. The standard InChI is InChI=1S/C14H18O4/c15-8-10-18-9-7-14(13(16)17)6-5-11-3-1-2-4-12(11)14/h1-4,15H,5-10H2,(H,16,17). The molecule has 0 aromatic heterocycles. The molecular weight excluding hydrogens is 232 g/mol. The van der Waals surface area contributed by atoms with Crippen molar-refractivity contribution in [2.45, 2.75) is 24.7 Å². The molecule has 0 aliphatic heterocycles. The molecule has 0 amide bonds. The highest BCUT2D eigenvalue weighted by Gasteiger charge is 2.44. The maximum absolute atomic E-state index is 11.6. The molecule has 1 aromatic rings. The van der Waals surface area contributed by atoms with Crippen molar-refractivity contribution in [3.8, 4) is 0 Å². The fourth-order valence-corrected chi connectivity index (χ4v) is 2.69. The minimum absolute atomic E-state index is 0.0311. The van der Waals surface area contributed by atoms with Crippen LogP contribution in [0.15, 0.2) is 24.3 Å². The largest absolute Gasteiger partial charge is 0.481 e. The molecule has 0 spiro atoms. The van der Waals surface area contributed by atoms with E-state index in [9.17, 15) is 9.90 Å². The van der Waals surface area contributed by atoms with Crippen molar-refractivity contribution >= 4 is 5.97 Å². The first-order chi connectivity index (χ1) is 8.70. The van der Waals surface area contributed by atoms with Crippen LogP contribution in [0.4, 0.5) is 0 Å². The number of ether oxygens (including phenoxy) is 1. The topological polar surface area (TPSA) is 66.8 Å². The second kappa shape index (κ2) is 5.50. The number of carboxylic acids is 1. The minimum Gasteiger partial charge on any atom is -0.481 e. The molecule has 1 aliphatic rings. The lowest BCUT2D eigenvalue weighted by atomic mass is 9.79. The van der Waals surface area contributed by atoms with Crippen molar-refractivity contribution in [2.24, 2.45) is 0 Å². The molecule has 1 aliphatic carbocycles. The summed E-state index contributed by atoms with van der Waals surface area (Å²) >= 11 is 0. The molecule has 2 N–H and O–H groups in total. The molecule has 4 heteroatoms. The fraction of sp³-hybridized carbons (Fsp3) is 0.500. The smallest absolute Gasteiger partial charge is 0.314 e. The van der Waals surface area contributed by atoms with E-state index < -0.39 is 11.4 Å². The molecule has 0 saturated carbocycles. The van der Waals surface area contributed by atoms with Gasteiger partial charge < -0.3 is 14.9 Å². The fourth-order valence-electron chi connectivity index (χ4n) is 2.69. The molecule has 98 valence electrons. The average molecular weight is 250 g/mol. The summed E-state index contributed by atoms with van der Waals surface area (Å²) in [6, 6.07) is 7.73. The second-order valence-electron chi connectivity index (χ2n) is 4.63. The highest BCUT2D eigenvalue weighted by atomic mass is 16.5. The Morgan fingerprint density at radius 3 is 2.83 bits per heavy atom. The van der Waals surface area contributed by atoms with Crippen LogP contribution in [0, 0.1) is 0 Å². The summed E-state index contributed by atoms with van der Waals surface area (Å²) < 4.78 is 5.22. The molecule has 1 unspecified atom stereocenters. The van der Waals surface area contributed by atoms with Gasteiger partial charge in [-0.25, -0.2) is 0 Å². The Labute approximate surface area is 106 Å². The van der Waals surface area contributed by atoms with Gasteiger partial charge in [0.15, 0.2) is 0 Å². The molecule has 4 nitrogen and oxygen atoms in total. The molecule has 18 heavy (non-hydrogen) atoms. The van der Waals surface area contributed by atoms with Gasteiger partial charge in [0, 0.05) is 6.61 Å². The molecular formula is C14H18O4. The number of hydrogen-bond donors (Lipinski definition) is 2.